The van der Waals surface area contributed by atoms with Gasteiger partial charge in [-0.3, -0.25) is 4.99 Å². The van der Waals surface area contributed by atoms with Crippen molar-refractivity contribution in [2.45, 2.75) is 57.9 Å². The first-order chi connectivity index (χ1) is 11.2. The SMILES string of the molecule is Cc1cccn2cc(CCN=C(N)NC3CCCCCC3)nc12. The molecule has 124 valence electrons. The van der Waals surface area contributed by atoms with E-state index >= 15 is 0 Å². The Morgan fingerprint density at radius 3 is 2.87 bits per heavy atom. The van der Waals surface area contributed by atoms with E-state index in [1.807, 2.05) is 12.3 Å². The molecule has 0 spiro atoms. The lowest BCUT2D eigenvalue weighted by Gasteiger charge is -2.16. The number of nitrogens with two attached hydrogens (primary N) is 1. The Morgan fingerprint density at radius 1 is 1.35 bits per heavy atom. The van der Waals surface area contributed by atoms with Crippen molar-refractivity contribution in [3.05, 3.63) is 35.8 Å². The van der Waals surface area contributed by atoms with Gasteiger partial charge in [0.05, 0.1) is 5.69 Å². The molecule has 23 heavy (non-hydrogen) atoms. The van der Waals surface area contributed by atoms with Gasteiger partial charge < -0.3 is 15.5 Å². The number of imidazole rings is 1. The highest BCUT2D eigenvalue weighted by Crippen LogP contribution is 2.17. The van der Waals surface area contributed by atoms with Gasteiger partial charge >= 0.3 is 0 Å². The molecule has 0 amide bonds. The first kappa shape index (κ1) is 15.8. The molecule has 2 heterocycles. The lowest BCUT2D eigenvalue weighted by molar-refractivity contribution is 0.530. The van der Waals surface area contributed by atoms with Crippen LogP contribution < -0.4 is 11.1 Å². The Bertz CT molecular complexity index is 665. The number of nitrogens with zero attached hydrogens (tertiary/aromatic N) is 3. The van der Waals surface area contributed by atoms with E-state index in [0.717, 1.165) is 17.8 Å². The maximum Gasteiger partial charge on any atom is 0.188 e. The van der Waals surface area contributed by atoms with Gasteiger partial charge in [0.2, 0.25) is 0 Å². The van der Waals surface area contributed by atoms with Crippen LogP contribution in [-0.4, -0.2) is 27.9 Å². The lowest BCUT2D eigenvalue weighted by Crippen LogP contribution is -2.40. The third kappa shape index (κ3) is 4.24. The van der Waals surface area contributed by atoms with Gasteiger partial charge in [-0.15, -0.1) is 0 Å². The molecular weight excluding hydrogens is 286 g/mol. The van der Waals surface area contributed by atoms with Crippen LogP contribution >= 0.6 is 0 Å². The van der Waals surface area contributed by atoms with Gasteiger partial charge in [-0.25, -0.2) is 4.98 Å². The number of pyridine rings is 1. The molecule has 1 fully saturated rings. The quantitative estimate of drug-likeness (QED) is 0.518. The van der Waals surface area contributed by atoms with Crippen LogP contribution in [0.2, 0.25) is 0 Å². The van der Waals surface area contributed by atoms with Gasteiger partial charge in [-0.05, 0) is 31.4 Å². The Hall–Kier alpha value is -2.04. The maximum absolute atomic E-state index is 6.03. The van der Waals surface area contributed by atoms with Crippen LogP contribution in [-0.2, 0) is 6.42 Å². The maximum atomic E-state index is 6.03. The molecule has 0 aromatic carbocycles. The van der Waals surface area contributed by atoms with Crippen molar-refractivity contribution in [2.24, 2.45) is 10.7 Å². The second kappa shape index (κ2) is 7.49. The topological polar surface area (TPSA) is 67.7 Å². The average molecular weight is 313 g/mol. The van der Waals surface area contributed by atoms with E-state index in [1.54, 1.807) is 0 Å². The largest absolute Gasteiger partial charge is 0.370 e. The fourth-order valence-electron chi connectivity index (χ4n) is 3.29. The number of aromatic nitrogens is 2. The minimum absolute atomic E-state index is 0.499. The number of rotatable bonds is 4. The van der Waals surface area contributed by atoms with Gasteiger partial charge in [0.1, 0.15) is 5.65 Å². The Kier molecular flexibility index (Phi) is 5.16. The first-order valence-electron chi connectivity index (χ1n) is 8.72. The van der Waals surface area contributed by atoms with Crippen molar-refractivity contribution < 1.29 is 0 Å². The van der Waals surface area contributed by atoms with Crippen LogP contribution in [0.3, 0.4) is 0 Å². The van der Waals surface area contributed by atoms with E-state index in [4.69, 9.17) is 5.73 Å². The highest BCUT2D eigenvalue weighted by atomic mass is 15.1. The third-order valence-electron chi connectivity index (χ3n) is 4.59. The van der Waals surface area contributed by atoms with E-state index in [0.29, 0.717) is 18.5 Å². The number of nitrogens with one attached hydrogen (secondary N) is 1. The standard InChI is InChI=1S/C18H27N5/c1-14-7-6-12-23-13-16(21-17(14)23)10-11-20-18(19)22-15-8-4-2-3-5-9-15/h6-7,12-13,15H,2-5,8-11H2,1H3,(H3,19,20,22). The first-order valence-corrected chi connectivity index (χ1v) is 8.72. The third-order valence-corrected chi connectivity index (χ3v) is 4.59. The second-order valence-corrected chi connectivity index (χ2v) is 6.50. The summed E-state index contributed by atoms with van der Waals surface area (Å²) in [6.45, 7) is 2.76. The smallest absolute Gasteiger partial charge is 0.188 e. The summed E-state index contributed by atoms with van der Waals surface area (Å²) in [6.07, 6.45) is 12.6. The van der Waals surface area contributed by atoms with Crippen LogP contribution in [0, 0.1) is 6.92 Å². The molecule has 0 saturated heterocycles. The highest BCUT2D eigenvalue weighted by Gasteiger charge is 2.12. The molecule has 2 aromatic heterocycles. The summed E-state index contributed by atoms with van der Waals surface area (Å²) in [4.78, 5) is 9.14. The molecule has 0 atom stereocenters. The molecule has 0 radical (unpaired) electrons. The molecule has 5 heteroatoms. The Labute approximate surface area is 138 Å². The predicted molar refractivity (Wildman–Crippen MR) is 94.7 cm³/mol. The van der Waals surface area contributed by atoms with Gasteiger partial charge in [0.25, 0.3) is 0 Å². The minimum atomic E-state index is 0.499. The van der Waals surface area contributed by atoms with Crippen molar-refractivity contribution in [1.29, 1.82) is 0 Å². The second-order valence-electron chi connectivity index (χ2n) is 6.50. The molecule has 1 saturated carbocycles. The van der Waals surface area contributed by atoms with Crippen molar-refractivity contribution >= 4 is 11.6 Å². The fraction of sp³-hybridized carbons (Fsp3) is 0.556. The Morgan fingerprint density at radius 2 is 2.13 bits per heavy atom. The van der Waals surface area contributed by atoms with E-state index in [-0.39, 0.29) is 0 Å². The summed E-state index contributed by atoms with van der Waals surface area (Å²) >= 11 is 0. The van der Waals surface area contributed by atoms with Gasteiger partial charge in [0, 0.05) is 31.4 Å². The summed E-state index contributed by atoms with van der Waals surface area (Å²) < 4.78 is 2.07. The molecular formula is C18H27N5. The summed E-state index contributed by atoms with van der Waals surface area (Å²) in [5.41, 5.74) is 9.31. The van der Waals surface area contributed by atoms with Crippen LogP contribution in [0.5, 0.6) is 0 Å². The number of hydrogen-bond donors (Lipinski definition) is 2. The minimum Gasteiger partial charge on any atom is -0.370 e. The predicted octanol–water partition coefficient (Wildman–Crippen LogP) is 2.81. The molecule has 3 N–H and O–H groups in total. The monoisotopic (exact) mass is 313 g/mol. The molecule has 5 nitrogen and oxygen atoms in total. The summed E-state index contributed by atoms with van der Waals surface area (Å²) in [5, 5.41) is 3.38. The zero-order valence-electron chi connectivity index (χ0n) is 14.0. The van der Waals surface area contributed by atoms with Crippen LogP contribution in [0.15, 0.2) is 29.5 Å². The van der Waals surface area contributed by atoms with Crippen LogP contribution in [0.1, 0.15) is 49.8 Å². The molecule has 0 bridgehead atoms. The Balaban J connectivity index is 1.53. The normalized spacial score (nSPS) is 17.3. The van der Waals surface area contributed by atoms with E-state index in [2.05, 4.69) is 38.9 Å². The molecule has 0 unspecified atom stereocenters. The number of aliphatic imine (C=N–C) groups is 1. The summed E-state index contributed by atoms with van der Waals surface area (Å²) in [5.74, 6) is 0.580. The lowest BCUT2D eigenvalue weighted by atomic mass is 10.1. The number of fused-ring (bicyclic) bond motifs is 1. The molecule has 1 aliphatic carbocycles. The zero-order chi connectivity index (χ0) is 16.1. The summed E-state index contributed by atoms with van der Waals surface area (Å²) in [6, 6.07) is 4.62. The average Bonchev–Trinajstić information content (AvgIpc) is 2.78. The van der Waals surface area contributed by atoms with Crippen LogP contribution in [0.25, 0.3) is 5.65 Å². The fourth-order valence-corrected chi connectivity index (χ4v) is 3.29. The van der Waals surface area contributed by atoms with E-state index in [1.165, 1.54) is 44.1 Å². The van der Waals surface area contributed by atoms with Crippen LogP contribution in [0.4, 0.5) is 0 Å². The molecule has 1 aliphatic rings. The van der Waals surface area contributed by atoms with Crippen molar-refractivity contribution in [3.63, 3.8) is 0 Å². The zero-order valence-corrected chi connectivity index (χ0v) is 14.0. The van der Waals surface area contributed by atoms with E-state index in [9.17, 15) is 0 Å². The number of guanidine groups is 1. The molecule has 3 rings (SSSR count). The van der Waals surface area contributed by atoms with Crippen molar-refractivity contribution in [1.82, 2.24) is 14.7 Å². The van der Waals surface area contributed by atoms with Crippen molar-refractivity contribution in [2.75, 3.05) is 6.54 Å². The van der Waals surface area contributed by atoms with Gasteiger partial charge in [0.15, 0.2) is 5.96 Å². The van der Waals surface area contributed by atoms with Gasteiger partial charge in [-0.2, -0.15) is 0 Å². The number of aryl methyl sites for hydroxylation is 1. The van der Waals surface area contributed by atoms with E-state index < -0.39 is 0 Å². The molecule has 0 aliphatic heterocycles. The molecule has 2 aromatic rings. The highest BCUT2D eigenvalue weighted by molar-refractivity contribution is 5.78. The van der Waals surface area contributed by atoms with Crippen molar-refractivity contribution in [3.8, 4) is 0 Å². The summed E-state index contributed by atoms with van der Waals surface area (Å²) in [7, 11) is 0. The number of hydrogen-bond acceptors (Lipinski definition) is 2. The van der Waals surface area contributed by atoms with Gasteiger partial charge in [-0.1, -0.05) is 31.7 Å².